The lowest BCUT2D eigenvalue weighted by Crippen LogP contribution is -2.38. The van der Waals surface area contributed by atoms with Crippen LogP contribution < -0.4 is 10.2 Å². The lowest BCUT2D eigenvalue weighted by atomic mass is 9.81. The van der Waals surface area contributed by atoms with E-state index < -0.39 is 27.0 Å². The van der Waals surface area contributed by atoms with Crippen LogP contribution >= 0.6 is 0 Å². The van der Waals surface area contributed by atoms with Crippen LogP contribution in [0.25, 0.3) is 0 Å². The van der Waals surface area contributed by atoms with Crippen molar-refractivity contribution < 1.29 is 26.4 Å². The van der Waals surface area contributed by atoms with E-state index in [2.05, 4.69) is 5.32 Å². The second-order valence-corrected chi connectivity index (χ2v) is 9.22. The van der Waals surface area contributed by atoms with E-state index in [9.17, 15) is 26.4 Å². The van der Waals surface area contributed by atoms with E-state index in [0.717, 1.165) is 11.8 Å². The SMILES string of the molecule is CS(=O)(=O)c1ccc(N2CCC3(C2)C(=O)Nc2ccccc23)c(C(F)(F)F)c1. The van der Waals surface area contributed by atoms with Crippen molar-refractivity contribution >= 4 is 27.1 Å². The Kier molecular flexibility index (Phi) is 4.01. The van der Waals surface area contributed by atoms with Gasteiger partial charge in [-0.3, -0.25) is 4.79 Å². The number of hydrogen-bond donors (Lipinski definition) is 1. The molecule has 0 radical (unpaired) electrons. The van der Waals surface area contributed by atoms with Crippen LogP contribution in [0.4, 0.5) is 24.5 Å². The molecule has 2 aromatic carbocycles. The topological polar surface area (TPSA) is 66.5 Å². The molecule has 5 nitrogen and oxygen atoms in total. The third-order valence-corrected chi connectivity index (χ3v) is 6.55. The summed E-state index contributed by atoms with van der Waals surface area (Å²) in [6, 6.07) is 10.2. The maximum atomic E-state index is 13.7. The average Bonchev–Trinajstić information content (AvgIpc) is 3.17. The minimum Gasteiger partial charge on any atom is -0.370 e. The van der Waals surface area contributed by atoms with Crippen molar-refractivity contribution in [2.75, 3.05) is 29.6 Å². The second-order valence-electron chi connectivity index (χ2n) is 7.20. The molecule has 1 spiro atoms. The van der Waals surface area contributed by atoms with Gasteiger partial charge in [-0.15, -0.1) is 0 Å². The number of nitrogens with zero attached hydrogens (tertiary/aromatic N) is 1. The minimum atomic E-state index is -4.72. The van der Waals surface area contributed by atoms with E-state index in [0.29, 0.717) is 18.2 Å². The molecule has 2 aromatic rings. The number of para-hydroxylation sites is 1. The molecule has 148 valence electrons. The second kappa shape index (κ2) is 5.97. The molecule has 0 aromatic heterocycles. The summed E-state index contributed by atoms with van der Waals surface area (Å²) in [4.78, 5) is 13.8. The van der Waals surface area contributed by atoms with Gasteiger partial charge in [-0.25, -0.2) is 8.42 Å². The standard InChI is InChI=1S/C19H17F3N2O3S/c1-28(26,27)12-6-7-16(14(10-12)19(20,21)22)24-9-8-18(11-24)13-4-2-3-5-15(13)23-17(18)25/h2-7,10H,8-9,11H2,1H3,(H,23,25). The number of halogens is 3. The molecule has 0 aliphatic carbocycles. The molecular weight excluding hydrogens is 393 g/mol. The summed E-state index contributed by atoms with van der Waals surface area (Å²) < 4.78 is 64.4. The Morgan fingerprint density at radius 1 is 1.14 bits per heavy atom. The van der Waals surface area contributed by atoms with Gasteiger partial charge in [-0.2, -0.15) is 13.2 Å². The van der Waals surface area contributed by atoms with Crippen molar-refractivity contribution in [1.29, 1.82) is 0 Å². The Morgan fingerprint density at radius 3 is 2.54 bits per heavy atom. The highest BCUT2D eigenvalue weighted by Crippen LogP contribution is 2.47. The van der Waals surface area contributed by atoms with E-state index in [4.69, 9.17) is 0 Å². The van der Waals surface area contributed by atoms with Gasteiger partial charge >= 0.3 is 6.18 Å². The van der Waals surface area contributed by atoms with Crippen LogP contribution in [0, 0.1) is 0 Å². The van der Waals surface area contributed by atoms with Gasteiger partial charge in [0.05, 0.1) is 15.9 Å². The normalized spacial score (nSPS) is 21.9. The summed E-state index contributed by atoms with van der Waals surface area (Å²) in [7, 11) is -3.78. The van der Waals surface area contributed by atoms with Gasteiger partial charge in [-0.1, -0.05) is 18.2 Å². The Balaban J connectivity index is 1.77. The maximum Gasteiger partial charge on any atom is 0.418 e. The number of fused-ring (bicyclic) bond motifs is 2. The zero-order chi connectivity index (χ0) is 20.3. The van der Waals surface area contributed by atoms with Crippen molar-refractivity contribution in [2.45, 2.75) is 22.9 Å². The Morgan fingerprint density at radius 2 is 1.86 bits per heavy atom. The predicted octanol–water partition coefficient (Wildman–Crippen LogP) is 3.21. The summed E-state index contributed by atoms with van der Waals surface area (Å²) >= 11 is 0. The molecular formula is C19H17F3N2O3S. The molecule has 1 saturated heterocycles. The van der Waals surface area contributed by atoms with Crippen LogP contribution in [0.2, 0.25) is 0 Å². The van der Waals surface area contributed by atoms with Crippen molar-refractivity contribution in [3.05, 3.63) is 53.6 Å². The van der Waals surface area contributed by atoms with Gasteiger partial charge in [0.2, 0.25) is 5.91 Å². The molecule has 0 bridgehead atoms. The first-order valence-electron chi connectivity index (χ1n) is 8.60. The van der Waals surface area contributed by atoms with Crippen molar-refractivity contribution in [2.24, 2.45) is 0 Å². The minimum absolute atomic E-state index is 0.0944. The molecule has 4 rings (SSSR count). The number of sulfone groups is 1. The van der Waals surface area contributed by atoms with Gasteiger partial charge in [0.1, 0.15) is 0 Å². The first-order chi connectivity index (χ1) is 13.0. The molecule has 2 aliphatic rings. The first kappa shape index (κ1) is 18.8. The summed E-state index contributed by atoms with van der Waals surface area (Å²) in [5, 5.41) is 2.81. The third-order valence-electron chi connectivity index (χ3n) is 5.44. The number of hydrogen-bond acceptors (Lipinski definition) is 4. The number of amides is 1. The zero-order valence-corrected chi connectivity index (χ0v) is 15.7. The average molecular weight is 410 g/mol. The molecule has 2 aliphatic heterocycles. The lowest BCUT2D eigenvalue weighted by Gasteiger charge is -2.26. The van der Waals surface area contributed by atoms with Crippen molar-refractivity contribution in [3.8, 4) is 0 Å². The highest BCUT2D eigenvalue weighted by Gasteiger charge is 2.52. The van der Waals surface area contributed by atoms with E-state index >= 15 is 0 Å². The number of anilines is 2. The Hall–Kier alpha value is -2.55. The van der Waals surface area contributed by atoms with Gasteiger partial charge < -0.3 is 10.2 Å². The number of nitrogens with one attached hydrogen (secondary N) is 1. The van der Waals surface area contributed by atoms with Crippen molar-refractivity contribution in [1.82, 2.24) is 0 Å². The number of rotatable bonds is 2. The number of carbonyl (C=O) groups is 1. The predicted molar refractivity (Wildman–Crippen MR) is 98.1 cm³/mol. The fourth-order valence-corrected chi connectivity index (χ4v) is 4.69. The monoisotopic (exact) mass is 410 g/mol. The highest BCUT2D eigenvalue weighted by atomic mass is 32.2. The quantitative estimate of drug-likeness (QED) is 0.826. The summed E-state index contributed by atoms with van der Waals surface area (Å²) in [6.07, 6.45) is -3.48. The highest BCUT2D eigenvalue weighted by molar-refractivity contribution is 7.90. The van der Waals surface area contributed by atoms with Gasteiger partial charge in [-0.05, 0) is 36.2 Å². The summed E-state index contributed by atoms with van der Waals surface area (Å²) in [5.41, 5.74) is -0.579. The van der Waals surface area contributed by atoms with E-state index in [-0.39, 0.29) is 29.6 Å². The largest absolute Gasteiger partial charge is 0.418 e. The first-order valence-corrected chi connectivity index (χ1v) is 10.5. The molecule has 2 heterocycles. The van der Waals surface area contributed by atoms with E-state index in [1.807, 2.05) is 6.07 Å². The molecule has 1 atom stereocenters. The summed E-state index contributed by atoms with van der Waals surface area (Å²) in [6.45, 7) is 0.347. The summed E-state index contributed by atoms with van der Waals surface area (Å²) in [5.74, 6) is -0.225. The fraction of sp³-hybridized carbons (Fsp3) is 0.316. The van der Waals surface area contributed by atoms with E-state index in [1.54, 1.807) is 18.2 Å². The number of carbonyl (C=O) groups excluding carboxylic acids is 1. The number of benzene rings is 2. The molecule has 0 saturated carbocycles. The molecule has 1 unspecified atom stereocenters. The number of alkyl halides is 3. The molecule has 1 amide bonds. The Bertz CT molecular complexity index is 1080. The van der Waals surface area contributed by atoms with Crippen LogP contribution in [-0.2, 0) is 26.2 Å². The maximum absolute atomic E-state index is 13.7. The smallest absolute Gasteiger partial charge is 0.370 e. The zero-order valence-electron chi connectivity index (χ0n) is 14.9. The molecule has 28 heavy (non-hydrogen) atoms. The van der Waals surface area contributed by atoms with Gasteiger partial charge in [0, 0.05) is 30.7 Å². The van der Waals surface area contributed by atoms with Crippen LogP contribution in [0.5, 0.6) is 0 Å². The van der Waals surface area contributed by atoms with Crippen LogP contribution in [0.15, 0.2) is 47.4 Å². The van der Waals surface area contributed by atoms with Crippen LogP contribution in [-0.4, -0.2) is 33.7 Å². The van der Waals surface area contributed by atoms with E-state index in [1.165, 1.54) is 17.0 Å². The van der Waals surface area contributed by atoms with Crippen molar-refractivity contribution in [3.63, 3.8) is 0 Å². The molecule has 1 N–H and O–H groups in total. The van der Waals surface area contributed by atoms with Gasteiger partial charge in [0.15, 0.2) is 9.84 Å². The van der Waals surface area contributed by atoms with Crippen LogP contribution in [0.1, 0.15) is 17.5 Å². The third kappa shape index (κ3) is 2.85. The van der Waals surface area contributed by atoms with Crippen LogP contribution in [0.3, 0.4) is 0 Å². The molecule has 1 fully saturated rings. The Labute approximate surface area is 160 Å². The van der Waals surface area contributed by atoms with Gasteiger partial charge in [0.25, 0.3) is 0 Å². The lowest BCUT2D eigenvalue weighted by molar-refractivity contribution is -0.137. The fourth-order valence-electron chi connectivity index (χ4n) is 4.04. The molecule has 9 heteroatoms.